The third kappa shape index (κ3) is 4.31. The van der Waals surface area contributed by atoms with E-state index in [4.69, 9.17) is 5.26 Å². The maximum absolute atomic E-state index is 8.92. The molecule has 0 saturated heterocycles. The zero-order chi connectivity index (χ0) is 16.1. The van der Waals surface area contributed by atoms with Gasteiger partial charge in [-0.05, 0) is 36.8 Å². The molecular formula is C17H14N4S2. The molecule has 3 rings (SSSR count). The maximum Gasteiger partial charge on any atom is 0.210 e. The van der Waals surface area contributed by atoms with Gasteiger partial charge in [0.1, 0.15) is 0 Å². The van der Waals surface area contributed by atoms with Gasteiger partial charge in [0.05, 0.1) is 11.6 Å². The van der Waals surface area contributed by atoms with Crippen LogP contribution in [0.2, 0.25) is 0 Å². The van der Waals surface area contributed by atoms with Crippen LogP contribution in [0.1, 0.15) is 16.7 Å². The number of aromatic nitrogens is 2. The van der Waals surface area contributed by atoms with Crippen molar-refractivity contribution in [3.8, 4) is 6.07 Å². The highest BCUT2D eigenvalue weighted by Crippen LogP contribution is 2.30. The summed E-state index contributed by atoms with van der Waals surface area (Å²) in [6, 6.07) is 17.9. The molecule has 1 N–H and O–H groups in total. The lowest BCUT2D eigenvalue weighted by Crippen LogP contribution is -1.88. The first kappa shape index (κ1) is 15.5. The van der Waals surface area contributed by atoms with Crippen LogP contribution in [-0.2, 0) is 5.75 Å². The van der Waals surface area contributed by atoms with Gasteiger partial charge in [-0.15, -0.1) is 10.2 Å². The molecule has 0 fully saturated rings. The van der Waals surface area contributed by atoms with E-state index in [9.17, 15) is 0 Å². The summed E-state index contributed by atoms with van der Waals surface area (Å²) in [6.45, 7) is 2.06. The van der Waals surface area contributed by atoms with Crippen LogP contribution < -0.4 is 5.32 Å². The Balaban J connectivity index is 1.61. The van der Waals surface area contributed by atoms with Crippen molar-refractivity contribution in [2.75, 3.05) is 5.32 Å². The van der Waals surface area contributed by atoms with Crippen LogP contribution in [0.15, 0.2) is 52.9 Å². The summed E-state index contributed by atoms with van der Waals surface area (Å²) < 4.78 is 0.905. The standard InChI is InChI=1S/C17H14N4S2/c1-12-5-7-15(8-6-12)19-16-20-21-17(23-16)22-11-14-4-2-3-13(9-14)10-18/h2-9H,11H2,1H3,(H,19,20). The van der Waals surface area contributed by atoms with Crippen molar-refractivity contribution in [2.24, 2.45) is 0 Å². The monoisotopic (exact) mass is 338 g/mol. The molecule has 1 aromatic heterocycles. The van der Waals surface area contributed by atoms with Gasteiger partial charge in [0.2, 0.25) is 5.13 Å². The predicted molar refractivity (Wildman–Crippen MR) is 95.1 cm³/mol. The number of nitrogens with zero attached hydrogens (tertiary/aromatic N) is 3. The number of hydrogen-bond donors (Lipinski definition) is 1. The molecule has 0 amide bonds. The quantitative estimate of drug-likeness (QED) is 0.680. The summed E-state index contributed by atoms with van der Waals surface area (Å²) in [6.07, 6.45) is 0. The zero-order valence-corrected chi connectivity index (χ0v) is 14.1. The molecule has 0 aliphatic heterocycles. The molecule has 0 aliphatic carbocycles. The average molecular weight is 338 g/mol. The Labute approximate surface area is 143 Å². The molecule has 0 aliphatic rings. The fourth-order valence-electron chi connectivity index (χ4n) is 1.95. The van der Waals surface area contributed by atoms with Crippen LogP contribution in [0.4, 0.5) is 10.8 Å². The van der Waals surface area contributed by atoms with Crippen LogP contribution in [0.3, 0.4) is 0 Å². The largest absolute Gasteiger partial charge is 0.330 e. The van der Waals surface area contributed by atoms with E-state index in [-0.39, 0.29) is 0 Å². The van der Waals surface area contributed by atoms with Gasteiger partial charge in [-0.3, -0.25) is 0 Å². The molecule has 0 radical (unpaired) electrons. The first-order valence-corrected chi connectivity index (χ1v) is 8.82. The zero-order valence-electron chi connectivity index (χ0n) is 12.5. The molecule has 114 valence electrons. The molecule has 0 unspecified atom stereocenters. The molecule has 0 spiro atoms. The van der Waals surface area contributed by atoms with Crippen LogP contribution in [-0.4, -0.2) is 10.2 Å². The Hall–Kier alpha value is -2.36. The Bertz CT molecular complexity index is 834. The van der Waals surface area contributed by atoms with Crippen molar-refractivity contribution in [2.45, 2.75) is 17.0 Å². The lowest BCUT2D eigenvalue weighted by atomic mass is 10.2. The molecule has 0 atom stereocenters. The van der Waals surface area contributed by atoms with Crippen molar-refractivity contribution in [1.82, 2.24) is 10.2 Å². The molecule has 4 nitrogen and oxygen atoms in total. The number of rotatable bonds is 5. The lowest BCUT2D eigenvalue weighted by molar-refractivity contribution is 1.01. The van der Waals surface area contributed by atoms with Gasteiger partial charge in [-0.2, -0.15) is 5.26 Å². The number of thioether (sulfide) groups is 1. The third-order valence-corrected chi connectivity index (χ3v) is 5.17. The Morgan fingerprint density at radius 2 is 2.00 bits per heavy atom. The second-order valence-corrected chi connectivity index (χ2v) is 7.16. The van der Waals surface area contributed by atoms with Crippen LogP contribution in [0.25, 0.3) is 0 Å². The summed E-state index contributed by atoms with van der Waals surface area (Å²) in [5.74, 6) is 0.773. The van der Waals surface area contributed by atoms with Gasteiger partial charge >= 0.3 is 0 Å². The van der Waals surface area contributed by atoms with Gasteiger partial charge in [0, 0.05) is 11.4 Å². The van der Waals surface area contributed by atoms with E-state index >= 15 is 0 Å². The summed E-state index contributed by atoms with van der Waals surface area (Å²) in [7, 11) is 0. The molecule has 2 aromatic carbocycles. The topological polar surface area (TPSA) is 61.6 Å². The molecule has 6 heteroatoms. The van der Waals surface area contributed by atoms with E-state index in [0.717, 1.165) is 26.5 Å². The average Bonchev–Trinajstić information content (AvgIpc) is 3.03. The van der Waals surface area contributed by atoms with E-state index in [1.165, 1.54) is 16.9 Å². The highest BCUT2D eigenvalue weighted by molar-refractivity contribution is 8.00. The van der Waals surface area contributed by atoms with Crippen molar-refractivity contribution >= 4 is 33.9 Å². The number of anilines is 2. The van der Waals surface area contributed by atoms with Gasteiger partial charge < -0.3 is 5.32 Å². The highest BCUT2D eigenvalue weighted by atomic mass is 32.2. The third-order valence-electron chi connectivity index (χ3n) is 3.13. The summed E-state index contributed by atoms with van der Waals surface area (Å²) >= 11 is 3.15. The second kappa shape index (κ2) is 7.27. The molecule has 3 aromatic rings. The molecule has 0 saturated carbocycles. The molecule has 1 heterocycles. The van der Waals surface area contributed by atoms with Gasteiger partial charge in [0.15, 0.2) is 4.34 Å². The Morgan fingerprint density at radius 1 is 1.17 bits per heavy atom. The van der Waals surface area contributed by atoms with Crippen molar-refractivity contribution in [3.63, 3.8) is 0 Å². The normalized spacial score (nSPS) is 10.3. The SMILES string of the molecule is Cc1ccc(Nc2nnc(SCc3cccc(C#N)c3)s2)cc1. The minimum Gasteiger partial charge on any atom is -0.330 e. The van der Waals surface area contributed by atoms with Crippen LogP contribution >= 0.6 is 23.1 Å². The summed E-state index contributed by atoms with van der Waals surface area (Å²) in [5, 5.41) is 21.3. The summed E-state index contributed by atoms with van der Waals surface area (Å²) in [5.41, 5.74) is 4.02. The summed E-state index contributed by atoms with van der Waals surface area (Å²) in [4.78, 5) is 0. The number of nitriles is 1. The number of aryl methyl sites for hydroxylation is 1. The Kier molecular flexibility index (Phi) is 4.91. The molecule has 0 bridgehead atoms. The maximum atomic E-state index is 8.92. The fraction of sp³-hybridized carbons (Fsp3) is 0.118. The smallest absolute Gasteiger partial charge is 0.210 e. The van der Waals surface area contributed by atoms with E-state index in [1.54, 1.807) is 11.8 Å². The first-order chi connectivity index (χ1) is 11.2. The van der Waals surface area contributed by atoms with Crippen LogP contribution in [0.5, 0.6) is 0 Å². The van der Waals surface area contributed by atoms with E-state index in [0.29, 0.717) is 5.56 Å². The number of hydrogen-bond acceptors (Lipinski definition) is 6. The predicted octanol–water partition coefficient (Wildman–Crippen LogP) is 4.75. The second-order valence-electron chi connectivity index (χ2n) is 4.97. The molecular weight excluding hydrogens is 324 g/mol. The molecule has 23 heavy (non-hydrogen) atoms. The first-order valence-electron chi connectivity index (χ1n) is 7.02. The van der Waals surface area contributed by atoms with E-state index in [2.05, 4.69) is 40.6 Å². The lowest BCUT2D eigenvalue weighted by Gasteiger charge is -2.01. The fourth-order valence-corrected chi connectivity index (χ4v) is 3.67. The van der Waals surface area contributed by atoms with Gasteiger partial charge in [-0.1, -0.05) is 52.9 Å². The van der Waals surface area contributed by atoms with Gasteiger partial charge in [0.25, 0.3) is 0 Å². The number of benzene rings is 2. The van der Waals surface area contributed by atoms with E-state index in [1.807, 2.05) is 36.4 Å². The van der Waals surface area contributed by atoms with Gasteiger partial charge in [-0.25, -0.2) is 0 Å². The highest BCUT2D eigenvalue weighted by Gasteiger charge is 2.06. The van der Waals surface area contributed by atoms with Crippen molar-refractivity contribution in [1.29, 1.82) is 5.26 Å². The van der Waals surface area contributed by atoms with Crippen LogP contribution in [0, 0.1) is 18.3 Å². The van der Waals surface area contributed by atoms with Crippen molar-refractivity contribution in [3.05, 3.63) is 65.2 Å². The van der Waals surface area contributed by atoms with Crippen molar-refractivity contribution < 1.29 is 0 Å². The minimum absolute atomic E-state index is 0.682. The number of nitrogens with one attached hydrogen (secondary N) is 1. The van der Waals surface area contributed by atoms with E-state index < -0.39 is 0 Å². The minimum atomic E-state index is 0.682. The Morgan fingerprint density at radius 3 is 2.78 bits per heavy atom.